The van der Waals surface area contributed by atoms with Gasteiger partial charge in [-0.15, -0.1) is 0 Å². The van der Waals surface area contributed by atoms with E-state index >= 15 is 0 Å². The van der Waals surface area contributed by atoms with Gasteiger partial charge < -0.3 is 5.32 Å². The summed E-state index contributed by atoms with van der Waals surface area (Å²) in [6.45, 7) is 0. The maximum absolute atomic E-state index is 4.27. The Morgan fingerprint density at radius 1 is 1.31 bits per heavy atom. The first-order valence-electron chi connectivity index (χ1n) is 5.49. The summed E-state index contributed by atoms with van der Waals surface area (Å²) in [5.74, 6) is 0.874. The van der Waals surface area contributed by atoms with Crippen LogP contribution in [-0.4, -0.2) is 26.2 Å². The van der Waals surface area contributed by atoms with E-state index in [2.05, 4.69) is 37.6 Å². The van der Waals surface area contributed by atoms with Crippen molar-refractivity contribution < 1.29 is 0 Å². The highest BCUT2D eigenvalue weighted by Crippen LogP contribution is 2.20. The van der Waals surface area contributed by atoms with Crippen molar-refractivity contribution in [1.29, 1.82) is 0 Å². The molecule has 1 unspecified atom stereocenters. The smallest absolute Gasteiger partial charge is 0.160 e. The van der Waals surface area contributed by atoms with Crippen molar-refractivity contribution in [2.45, 2.75) is 25.3 Å². The Hall–Kier alpha value is -1.91. The van der Waals surface area contributed by atoms with Crippen LogP contribution >= 0.6 is 0 Å². The van der Waals surface area contributed by atoms with E-state index in [1.54, 1.807) is 12.5 Å². The maximum atomic E-state index is 4.27. The lowest BCUT2D eigenvalue weighted by atomic mass is 10.0. The molecule has 2 aromatic heterocycles. The van der Waals surface area contributed by atoms with Gasteiger partial charge in [-0.25, -0.2) is 9.97 Å². The fraction of sp³-hybridized carbons (Fsp3) is 0.364. The van der Waals surface area contributed by atoms with Crippen molar-refractivity contribution in [2.24, 2.45) is 0 Å². The van der Waals surface area contributed by atoms with Gasteiger partial charge in [0, 0.05) is 6.04 Å². The molecule has 16 heavy (non-hydrogen) atoms. The molecule has 5 heteroatoms. The Balaban J connectivity index is 1.88. The third-order valence-electron chi connectivity index (χ3n) is 2.86. The maximum Gasteiger partial charge on any atom is 0.160 e. The largest absolute Gasteiger partial charge is 0.366 e. The summed E-state index contributed by atoms with van der Waals surface area (Å²) < 4.78 is 0. The average Bonchev–Trinajstić information content (AvgIpc) is 2.80. The molecule has 0 spiro atoms. The lowest BCUT2D eigenvalue weighted by Crippen LogP contribution is -2.21. The van der Waals surface area contributed by atoms with Crippen LogP contribution in [0, 0.1) is 0 Å². The zero-order valence-electron chi connectivity index (χ0n) is 8.85. The Labute approximate surface area is 93.0 Å². The third kappa shape index (κ3) is 1.64. The zero-order valence-corrected chi connectivity index (χ0v) is 8.85. The molecule has 1 aliphatic carbocycles. The van der Waals surface area contributed by atoms with Gasteiger partial charge in [0.2, 0.25) is 0 Å². The first-order chi connectivity index (χ1) is 7.93. The lowest BCUT2D eigenvalue weighted by molar-refractivity contribution is 0.643. The normalized spacial score (nSPS) is 20.1. The molecule has 0 saturated carbocycles. The van der Waals surface area contributed by atoms with E-state index < -0.39 is 0 Å². The second kappa shape index (κ2) is 3.92. The summed E-state index contributed by atoms with van der Waals surface area (Å²) in [5, 5.41) is 11.2. The minimum atomic E-state index is 0.470. The molecule has 0 saturated heterocycles. The van der Waals surface area contributed by atoms with Crippen LogP contribution in [0.1, 0.15) is 19.3 Å². The summed E-state index contributed by atoms with van der Waals surface area (Å²) in [7, 11) is 0. The molecular formula is C11H13N5. The van der Waals surface area contributed by atoms with Crippen LogP contribution in [0.5, 0.6) is 0 Å². The van der Waals surface area contributed by atoms with Gasteiger partial charge in [-0.05, 0) is 19.3 Å². The topological polar surface area (TPSA) is 66.5 Å². The number of nitrogens with one attached hydrogen (secondary N) is 2. The van der Waals surface area contributed by atoms with Crippen LogP contribution in [0.3, 0.4) is 0 Å². The minimum Gasteiger partial charge on any atom is -0.366 e. The van der Waals surface area contributed by atoms with Crippen LogP contribution in [-0.2, 0) is 0 Å². The molecule has 82 valence electrons. The molecule has 0 aliphatic heterocycles. The molecule has 5 nitrogen and oxygen atoms in total. The predicted octanol–water partition coefficient (Wildman–Crippen LogP) is 1.87. The molecule has 0 aromatic carbocycles. The van der Waals surface area contributed by atoms with Crippen molar-refractivity contribution in [3.05, 3.63) is 24.7 Å². The monoisotopic (exact) mass is 215 g/mol. The zero-order chi connectivity index (χ0) is 10.8. The van der Waals surface area contributed by atoms with Crippen molar-refractivity contribution in [3.63, 3.8) is 0 Å². The van der Waals surface area contributed by atoms with E-state index in [0.717, 1.165) is 36.1 Å². The molecule has 0 amide bonds. The SMILES string of the molecule is C1=CCC(Nc2ncnc3[nH]ncc23)CC1. The molecule has 0 fully saturated rings. The van der Waals surface area contributed by atoms with Crippen molar-refractivity contribution >= 4 is 16.9 Å². The first kappa shape index (κ1) is 9.33. The second-order valence-corrected chi connectivity index (χ2v) is 3.98. The molecular weight excluding hydrogens is 202 g/mol. The van der Waals surface area contributed by atoms with Gasteiger partial charge in [-0.2, -0.15) is 5.10 Å². The fourth-order valence-electron chi connectivity index (χ4n) is 2.00. The van der Waals surface area contributed by atoms with Crippen LogP contribution in [0.25, 0.3) is 11.0 Å². The van der Waals surface area contributed by atoms with Crippen LogP contribution in [0.15, 0.2) is 24.7 Å². The van der Waals surface area contributed by atoms with Gasteiger partial charge in [0.25, 0.3) is 0 Å². The number of nitrogens with zero attached hydrogens (tertiary/aromatic N) is 3. The Morgan fingerprint density at radius 3 is 3.19 bits per heavy atom. The molecule has 1 atom stereocenters. The van der Waals surface area contributed by atoms with Gasteiger partial charge in [0.05, 0.1) is 11.6 Å². The Bertz CT molecular complexity index is 516. The minimum absolute atomic E-state index is 0.470. The summed E-state index contributed by atoms with van der Waals surface area (Å²) in [4.78, 5) is 8.38. The quantitative estimate of drug-likeness (QED) is 0.750. The van der Waals surface area contributed by atoms with Crippen molar-refractivity contribution in [1.82, 2.24) is 20.2 Å². The Kier molecular flexibility index (Phi) is 2.29. The van der Waals surface area contributed by atoms with E-state index in [9.17, 15) is 0 Å². The highest BCUT2D eigenvalue weighted by Gasteiger charge is 2.12. The van der Waals surface area contributed by atoms with E-state index in [1.807, 2.05) is 0 Å². The molecule has 0 radical (unpaired) electrons. The number of aromatic nitrogens is 4. The summed E-state index contributed by atoms with van der Waals surface area (Å²) in [5.41, 5.74) is 0.781. The average molecular weight is 215 g/mol. The van der Waals surface area contributed by atoms with E-state index in [4.69, 9.17) is 0 Å². The fourth-order valence-corrected chi connectivity index (χ4v) is 2.00. The van der Waals surface area contributed by atoms with Gasteiger partial charge >= 0.3 is 0 Å². The van der Waals surface area contributed by atoms with Crippen LogP contribution in [0.2, 0.25) is 0 Å². The number of rotatable bonds is 2. The molecule has 1 aliphatic rings. The van der Waals surface area contributed by atoms with Gasteiger partial charge in [-0.1, -0.05) is 12.2 Å². The van der Waals surface area contributed by atoms with Gasteiger partial charge in [0.15, 0.2) is 5.65 Å². The number of fused-ring (bicyclic) bond motifs is 1. The highest BCUT2D eigenvalue weighted by atomic mass is 15.2. The van der Waals surface area contributed by atoms with Crippen molar-refractivity contribution in [2.75, 3.05) is 5.32 Å². The molecule has 2 heterocycles. The molecule has 2 N–H and O–H groups in total. The molecule has 0 bridgehead atoms. The summed E-state index contributed by atoms with van der Waals surface area (Å²) in [6, 6.07) is 0.470. The van der Waals surface area contributed by atoms with Gasteiger partial charge in [0.1, 0.15) is 12.1 Å². The van der Waals surface area contributed by atoms with E-state index in [-0.39, 0.29) is 0 Å². The highest BCUT2D eigenvalue weighted by molar-refractivity contribution is 5.85. The standard InChI is InChI=1S/C11H13N5/c1-2-4-8(5-3-1)15-10-9-6-14-16-11(9)13-7-12-10/h1-2,6-8H,3-5H2,(H2,12,13,14,15,16). The molecule has 2 aromatic rings. The predicted molar refractivity (Wildman–Crippen MR) is 62.1 cm³/mol. The number of aromatic amines is 1. The first-order valence-corrected chi connectivity index (χ1v) is 5.49. The summed E-state index contributed by atoms with van der Waals surface area (Å²) >= 11 is 0. The third-order valence-corrected chi connectivity index (χ3v) is 2.86. The number of allylic oxidation sites excluding steroid dienone is 1. The van der Waals surface area contributed by atoms with Crippen LogP contribution < -0.4 is 5.32 Å². The van der Waals surface area contributed by atoms with Crippen molar-refractivity contribution in [3.8, 4) is 0 Å². The van der Waals surface area contributed by atoms with E-state index in [0.29, 0.717) is 6.04 Å². The Morgan fingerprint density at radius 2 is 2.31 bits per heavy atom. The van der Waals surface area contributed by atoms with Gasteiger partial charge in [-0.3, -0.25) is 5.10 Å². The summed E-state index contributed by atoms with van der Waals surface area (Å²) in [6.07, 6.45) is 11.1. The molecule has 3 rings (SSSR count). The number of H-pyrrole nitrogens is 1. The number of hydrogen-bond donors (Lipinski definition) is 2. The second-order valence-electron chi connectivity index (χ2n) is 3.98. The number of anilines is 1. The number of hydrogen-bond acceptors (Lipinski definition) is 4. The lowest BCUT2D eigenvalue weighted by Gasteiger charge is -2.19. The van der Waals surface area contributed by atoms with Crippen LogP contribution in [0.4, 0.5) is 5.82 Å². The van der Waals surface area contributed by atoms with E-state index in [1.165, 1.54) is 0 Å².